The largest absolute Gasteiger partial charge is 0.417 e. The van der Waals surface area contributed by atoms with E-state index in [-0.39, 0.29) is 16.1 Å². The van der Waals surface area contributed by atoms with E-state index < -0.39 is 23.7 Å². The summed E-state index contributed by atoms with van der Waals surface area (Å²) in [6, 6.07) is 8.28. The van der Waals surface area contributed by atoms with E-state index in [1.54, 1.807) is 0 Å². The van der Waals surface area contributed by atoms with Gasteiger partial charge in [-0.15, -0.1) is 0 Å². The molecular weight excluding hydrogens is 299 g/mol. The Morgan fingerprint density at radius 2 is 1.60 bits per heavy atom. The Balaban J connectivity index is 2.56. The van der Waals surface area contributed by atoms with Crippen molar-refractivity contribution in [3.8, 4) is 11.1 Å². The summed E-state index contributed by atoms with van der Waals surface area (Å²) < 4.78 is 63.8. The first-order valence-electron chi connectivity index (χ1n) is 5.55. The van der Waals surface area contributed by atoms with Crippen LogP contribution in [0.3, 0.4) is 0 Å². The van der Waals surface area contributed by atoms with Gasteiger partial charge in [-0.3, -0.25) is 0 Å². The van der Waals surface area contributed by atoms with Gasteiger partial charge in [0.1, 0.15) is 0 Å². The minimum atomic E-state index is -4.52. The first kappa shape index (κ1) is 14.8. The predicted octanol–water partition coefficient (Wildman–Crippen LogP) is 5.96. The Morgan fingerprint density at radius 1 is 0.950 bits per heavy atom. The van der Waals surface area contributed by atoms with Crippen LogP contribution in [-0.4, -0.2) is 0 Å². The molecule has 0 unspecified atom stereocenters. The fourth-order valence-corrected chi connectivity index (χ4v) is 2.12. The van der Waals surface area contributed by atoms with Crippen molar-refractivity contribution in [1.82, 2.24) is 0 Å². The lowest BCUT2D eigenvalue weighted by atomic mass is 9.98. The maximum absolute atomic E-state index is 12.9. The number of rotatable bonds is 2. The molecule has 0 saturated heterocycles. The molecule has 2 aromatic carbocycles. The van der Waals surface area contributed by atoms with Crippen LogP contribution in [0, 0.1) is 0 Å². The van der Waals surface area contributed by atoms with Crippen molar-refractivity contribution < 1.29 is 22.0 Å². The van der Waals surface area contributed by atoms with Crippen molar-refractivity contribution in [2.75, 3.05) is 0 Å². The summed E-state index contributed by atoms with van der Waals surface area (Å²) >= 11 is 5.68. The lowest BCUT2D eigenvalue weighted by molar-refractivity contribution is -0.137. The van der Waals surface area contributed by atoms with E-state index in [2.05, 4.69) is 0 Å². The standard InChI is InChI=1S/C14H8ClF5/c15-12-7-8(5-6-10(12)13(16)17)9-3-1-2-4-11(9)14(18,19)20/h1-7,13H. The van der Waals surface area contributed by atoms with Crippen LogP contribution in [0.2, 0.25) is 5.02 Å². The molecule has 0 aliphatic rings. The second-order valence-corrected chi connectivity index (χ2v) is 4.49. The van der Waals surface area contributed by atoms with E-state index in [1.807, 2.05) is 0 Å². The predicted molar refractivity (Wildman–Crippen MR) is 66.8 cm³/mol. The van der Waals surface area contributed by atoms with Gasteiger partial charge in [0.05, 0.1) is 10.6 Å². The third-order valence-corrected chi connectivity index (χ3v) is 3.11. The fraction of sp³-hybridized carbons (Fsp3) is 0.143. The van der Waals surface area contributed by atoms with Gasteiger partial charge in [0.25, 0.3) is 6.43 Å². The van der Waals surface area contributed by atoms with Gasteiger partial charge in [-0.1, -0.05) is 41.9 Å². The van der Waals surface area contributed by atoms with E-state index in [1.165, 1.54) is 24.3 Å². The molecule has 20 heavy (non-hydrogen) atoms. The number of halogens is 6. The number of hydrogen-bond donors (Lipinski definition) is 0. The summed E-state index contributed by atoms with van der Waals surface area (Å²) in [4.78, 5) is 0. The van der Waals surface area contributed by atoms with Crippen molar-refractivity contribution in [1.29, 1.82) is 0 Å². The van der Waals surface area contributed by atoms with Crippen LogP contribution in [0.1, 0.15) is 17.6 Å². The van der Waals surface area contributed by atoms with Gasteiger partial charge in [-0.25, -0.2) is 8.78 Å². The second kappa shape index (κ2) is 5.40. The summed E-state index contributed by atoms with van der Waals surface area (Å²) in [6.07, 6.45) is -7.29. The smallest absolute Gasteiger partial charge is 0.205 e. The molecule has 6 heteroatoms. The van der Waals surface area contributed by atoms with E-state index >= 15 is 0 Å². The van der Waals surface area contributed by atoms with Crippen LogP contribution < -0.4 is 0 Å². The molecule has 0 aliphatic heterocycles. The Hall–Kier alpha value is -1.62. The van der Waals surface area contributed by atoms with Crippen LogP contribution >= 0.6 is 11.6 Å². The highest BCUT2D eigenvalue weighted by Crippen LogP contribution is 2.38. The molecule has 0 bridgehead atoms. The Kier molecular flexibility index (Phi) is 3.99. The topological polar surface area (TPSA) is 0 Å². The van der Waals surface area contributed by atoms with Crippen LogP contribution in [0.5, 0.6) is 0 Å². The molecule has 0 nitrogen and oxygen atoms in total. The highest BCUT2D eigenvalue weighted by atomic mass is 35.5. The maximum atomic E-state index is 12.9. The lowest BCUT2D eigenvalue weighted by Crippen LogP contribution is -2.06. The SMILES string of the molecule is FC(F)c1ccc(-c2ccccc2C(F)(F)F)cc1Cl. The molecule has 0 heterocycles. The molecule has 0 atom stereocenters. The fourth-order valence-electron chi connectivity index (χ4n) is 1.85. The van der Waals surface area contributed by atoms with Crippen molar-refractivity contribution in [2.45, 2.75) is 12.6 Å². The van der Waals surface area contributed by atoms with E-state index in [9.17, 15) is 22.0 Å². The van der Waals surface area contributed by atoms with Crippen LogP contribution in [-0.2, 0) is 6.18 Å². The summed E-state index contributed by atoms with van der Waals surface area (Å²) in [5, 5.41) is -0.255. The zero-order chi connectivity index (χ0) is 14.9. The normalized spacial score (nSPS) is 11.9. The average Bonchev–Trinajstić information content (AvgIpc) is 2.37. The van der Waals surface area contributed by atoms with Gasteiger partial charge in [0, 0.05) is 5.56 Å². The molecule has 0 spiro atoms. The molecule has 0 amide bonds. The van der Waals surface area contributed by atoms with Crippen molar-refractivity contribution >= 4 is 11.6 Å². The number of benzene rings is 2. The third-order valence-electron chi connectivity index (χ3n) is 2.78. The Morgan fingerprint density at radius 3 is 2.15 bits per heavy atom. The summed E-state index contributed by atoms with van der Waals surface area (Å²) in [7, 11) is 0. The number of alkyl halides is 5. The highest BCUT2D eigenvalue weighted by molar-refractivity contribution is 6.31. The van der Waals surface area contributed by atoms with Gasteiger partial charge in [0.2, 0.25) is 0 Å². The second-order valence-electron chi connectivity index (χ2n) is 4.08. The first-order valence-corrected chi connectivity index (χ1v) is 5.92. The zero-order valence-corrected chi connectivity index (χ0v) is 10.6. The molecule has 2 aromatic rings. The molecule has 2 rings (SSSR count). The molecular formula is C14H8ClF5. The lowest BCUT2D eigenvalue weighted by Gasteiger charge is -2.13. The summed E-state index contributed by atoms with van der Waals surface area (Å²) in [5.41, 5.74) is -1.18. The molecule has 0 aromatic heterocycles. The summed E-state index contributed by atoms with van der Waals surface area (Å²) in [5.74, 6) is 0. The number of hydrogen-bond acceptors (Lipinski definition) is 0. The highest BCUT2D eigenvalue weighted by Gasteiger charge is 2.33. The van der Waals surface area contributed by atoms with Gasteiger partial charge < -0.3 is 0 Å². The third kappa shape index (κ3) is 2.93. The van der Waals surface area contributed by atoms with Gasteiger partial charge in [-0.2, -0.15) is 13.2 Å². The maximum Gasteiger partial charge on any atom is 0.417 e. The quantitative estimate of drug-likeness (QED) is 0.600. The van der Waals surface area contributed by atoms with E-state index in [0.717, 1.165) is 18.2 Å². The molecule has 0 radical (unpaired) electrons. The Bertz CT molecular complexity index is 619. The zero-order valence-electron chi connectivity index (χ0n) is 9.89. The molecule has 0 fully saturated rings. The van der Waals surface area contributed by atoms with E-state index in [4.69, 9.17) is 11.6 Å². The first-order chi connectivity index (χ1) is 9.30. The van der Waals surface area contributed by atoms with Gasteiger partial charge in [-0.05, 0) is 23.3 Å². The van der Waals surface area contributed by atoms with Crippen LogP contribution in [0.25, 0.3) is 11.1 Å². The monoisotopic (exact) mass is 306 g/mol. The van der Waals surface area contributed by atoms with Crippen molar-refractivity contribution in [3.63, 3.8) is 0 Å². The van der Waals surface area contributed by atoms with Gasteiger partial charge >= 0.3 is 6.18 Å². The van der Waals surface area contributed by atoms with E-state index in [0.29, 0.717) is 0 Å². The minimum Gasteiger partial charge on any atom is -0.205 e. The van der Waals surface area contributed by atoms with Gasteiger partial charge in [0.15, 0.2) is 0 Å². The Labute approximate surface area is 116 Å². The van der Waals surface area contributed by atoms with Crippen molar-refractivity contribution in [3.05, 3.63) is 58.6 Å². The van der Waals surface area contributed by atoms with Crippen molar-refractivity contribution in [2.24, 2.45) is 0 Å². The molecule has 106 valence electrons. The molecule has 0 N–H and O–H groups in total. The minimum absolute atomic E-state index is 0.0947. The molecule has 0 aliphatic carbocycles. The van der Waals surface area contributed by atoms with Crippen LogP contribution in [0.4, 0.5) is 22.0 Å². The summed E-state index contributed by atoms with van der Waals surface area (Å²) in [6.45, 7) is 0. The molecule has 0 saturated carbocycles. The average molecular weight is 307 g/mol. The van der Waals surface area contributed by atoms with Crippen LogP contribution in [0.15, 0.2) is 42.5 Å².